The number of aromatic hydroxyl groups is 1. The highest BCUT2D eigenvalue weighted by molar-refractivity contribution is 6.26. The second-order valence-corrected chi connectivity index (χ2v) is 6.55. The van der Waals surface area contributed by atoms with Gasteiger partial charge in [-0.1, -0.05) is 24.3 Å². The molecule has 3 aromatic rings. The molecule has 4 nitrogen and oxygen atoms in total. The molecule has 4 rings (SSSR count). The molecule has 0 fully saturated rings. The van der Waals surface area contributed by atoms with E-state index in [1.165, 1.54) is 0 Å². The number of ether oxygens (including phenoxy) is 1. The van der Waals surface area contributed by atoms with Crippen LogP contribution >= 0.6 is 12.4 Å². The maximum Gasteiger partial charge on any atom is 0.194 e. The van der Waals surface area contributed by atoms with Crippen LogP contribution in [0, 0.1) is 0 Å². The van der Waals surface area contributed by atoms with Gasteiger partial charge in [0.15, 0.2) is 5.78 Å². The number of ketones is 1. The molecule has 1 N–H and O–H groups in total. The molecule has 134 valence electrons. The normalized spacial score (nSPS) is 12.0. The van der Waals surface area contributed by atoms with Crippen molar-refractivity contribution in [3.63, 3.8) is 0 Å². The van der Waals surface area contributed by atoms with E-state index in [4.69, 9.17) is 4.74 Å². The lowest BCUT2D eigenvalue weighted by molar-refractivity contribution is 0.104. The number of phenols is 1. The number of likely N-dealkylation sites (N-methyl/N-ethyl adjacent to an activating group) is 1. The van der Waals surface area contributed by atoms with Gasteiger partial charge in [0, 0.05) is 28.6 Å². The zero-order chi connectivity index (χ0) is 17.6. The molecule has 0 saturated heterocycles. The molecule has 0 bridgehead atoms. The predicted octanol–water partition coefficient (Wildman–Crippen LogP) is 4.12. The summed E-state index contributed by atoms with van der Waals surface area (Å²) < 4.78 is 5.98. The number of carbonyl (C=O) groups excluding carboxylic acids is 1. The Morgan fingerprint density at radius 2 is 1.69 bits per heavy atom. The van der Waals surface area contributed by atoms with Gasteiger partial charge < -0.3 is 14.7 Å². The molecule has 0 radical (unpaired) electrons. The minimum atomic E-state index is -0.0656. The number of hydrogen-bond donors (Lipinski definition) is 1. The number of halogens is 1. The van der Waals surface area contributed by atoms with E-state index in [0.29, 0.717) is 17.7 Å². The topological polar surface area (TPSA) is 49.8 Å². The van der Waals surface area contributed by atoms with Crippen molar-refractivity contribution in [3.8, 4) is 22.6 Å². The van der Waals surface area contributed by atoms with E-state index >= 15 is 0 Å². The molecule has 0 heterocycles. The highest BCUT2D eigenvalue weighted by atomic mass is 35.5. The van der Waals surface area contributed by atoms with Crippen molar-refractivity contribution < 1.29 is 14.6 Å². The SMILES string of the molecule is CN(C)CCOc1cc2c(c3ccccc13)-c1ccc(O)cc1C2=O.Cl. The zero-order valence-electron chi connectivity index (χ0n) is 14.7. The van der Waals surface area contributed by atoms with Gasteiger partial charge in [-0.2, -0.15) is 0 Å². The van der Waals surface area contributed by atoms with Gasteiger partial charge >= 0.3 is 0 Å². The van der Waals surface area contributed by atoms with E-state index < -0.39 is 0 Å². The van der Waals surface area contributed by atoms with Gasteiger partial charge in [-0.05, 0) is 49.3 Å². The summed E-state index contributed by atoms with van der Waals surface area (Å²) >= 11 is 0. The van der Waals surface area contributed by atoms with Crippen molar-refractivity contribution in [3.05, 3.63) is 59.7 Å². The Kier molecular flexibility index (Phi) is 4.90. The van der Waals surface area contributed by atoms with Gasteiger partial charge in [-0.3, -0.25) is 4.79 Å². The van der Waals surface area contributed by atoms with E-state index in [9.17, 15) is 9.90 Å². The van der Waals surface area contributed by atoms with Gasteiger partial charge in [0.25, 0.3) is 0 Å². The number of benzene rings is 3. The van der Waals surface area contributed by atoms with Crippen LogP contribution in [0.4, 0.5) is 0 Å². The van der Waals surface area contributed by atoms with Gasteiger partial charge in [0.1, 0.15) is 18.1 Å². The van der Waals surface area contributed by atoms with E-state index in [-0.39, 0.29) is 23.9 Å². The Morgan fingerprint density at radius 3 is 2.42 bits per heavy atom. The minimum absolute atomic E-state index is 0. The van der Waals surface area contributed by atoms with Crippen LogP contribution in [0.3, 0.4) is 0 Å². The van der Waals surface area contributed by atoms with Crippen LogP contribution in [0.25, 0.3) is 21.9 Å². The summed E-state index contributed by atoms with van der Waals surface area (Å²) in [6.07, 6.45) is 0. The number of nitrogens with zero attached hydrogens (tertiary/aromatic N) is 1. The van der Waals surface area contributed by atoms with E-state index in [1.807, 2.05) is 50.5 Å². The fourth-order valence-corrected chi connectivity index (χ4v) is 3.35. The third kappa shape index (κ3) is 2.91. The van der Waals surface area contributed by atoms with Gasteiger partial charge in [-0.25, -0.2) is 0 Å². The summed E-state index contributed by atoms with van der Waals surface area (Å²) in [5.74, 6) is 0.761. The summed E-state index contributed by atoms with van der Waals surface area (Å²) in [6.45, 7) is 1.35. The summed E-state index contributed by atoms with van der Waals surface area (Å²) in [7, 11) is 3.99. The largest absolute Gasteiger partial charge is 0.508 e. The average molecular weight is 370 g/mol. The van der Waals surface area contributed by atoms with Gasteiger partial charge in [0.2, 0.25) is 0 Å². The van der Waals surface area contributed by atoms with Crippen LogP contribution in [0.2, 0.25) is 0 Å². The van der Waals surface area contributed by atoms with Crippen LogP contribution in [0.1, 0.15) is 15.9 Å². The molecule has 0 amide bonds. The fraction of sp³-hybridized carbons (Fsp3) is 0.190. The molecule has 26 heavy (non-hydrogen) atoms. The number of hydrogen-bond acceptors (Lipinski definition) is 4. The molecule has 0 atom stereocenters. The Morgan fingerprint density at radius 1 is 0.962 bits per heavy atom. The lowest BCUT2D eigenvalue weighted by Crippen LogP contribution is -2.19. The number of fused-ring (bicyclic) bond motifs is 5. The molecule has 1 aliphatic rings. The molecular weight excluding hydrogens is 350 g/mol. The highest BCUT2D eigenvalue weighted by Gasteiger charge is 2.30. The van der Waals surface area contributed by atoms with Crippen LogP contribution in [0.5, 0.6) is 11.5 Å². The quantitative estimate of drug-likeness (QED) is 0.588. The maximum atomic E-state index is 12.8. The smallest absolute Gasteiger partial charge is 0.194 e. The van der Waals surface area contributed by atoms with Gasteiger partial charge in [-0.15, -0.1) is 12.4 Å². The summed E-state index contributed by atoms with van der Waals surface area (Å²) in [4.78, 5) is 14.9. The molecule has 5 heteroatoms. The molecule has 1 aliphatic carbocycles. The van der Waals surface area contributed by atoms with Crippen molar-refractivity contribution >= 4 is 29.0 Å². The molecule has 0 saturated carbocycles. The van der Waals surface area contributed by atoms with Crippen LogP contribution in [-0.2, 0) is 0 Å². The fourth-order valence-electron chi connectivity index (χ4n) is 3.35. The Hall–Kier alpha value is -2.56. The second-order valence-electron chi connectivity index (χ2n) is 6.55. The van der Waals surface area contributed by atoms with Crippen molar-refractivity contribution in [2.45, 2.75) is 0 Å². The number of rotatable bonds is 4. The van der Waals surface area contributed by atoms with Crippen molar-refractivity contribution in [1.29, 1.82) is 0 Å². The molecule has 0 aliphatic heterocycles. The first-order chi connectivity index (χ1) is 12.1. The lowest BCUT2D eigenvalue weighted by atomic mass is 9.97. The number of phenolic OH excluding ortho intramolecular Hbond substituents is 1. The minimum Gasteiger partial charge on any atom is -0.508 e. The van der Waals surface area contributed by atoms with Crippen LogP contribution in [0.15, 0.2) is 48.5 Å². The molecule has 0 aromatic heterocycles. The molecule has 0 spiro atoms. The summed E-state index contributed by atoms with van der Waals surface area (Å²) in [5, 5.41) is 11.7. The molecular formula is C21H20ClNO3. The number of carbonyl (C=O) groups is 1. The first-order valence-corrected chi connectivity index (χ1v) is 8.27. The van der Waals surface area contributed by atoms with E-state index in [2.05, 4.69) is 4.90 Å². The Balaban J connectivity index is 0.00000196. The maximum absolute atomic E-state index is 12.8. The van der Waals surface area contributed by atoms with Crippen molar-refractivity contribution in [1.82, 2.24) is 4.90 Å². The van der Waals surface area contributed by atoms with E-state index in [1.54, 1.807) is 12.1 Å². The third-order valence-electron chi connectivity index (χ3n) is 4.56. The highest BCUT2D eigenvalue weighted by Crippen LogP contribution is 2.45. The molecule has 3 aromatic carbocycles. The van der Waals surface area contributed by atoms with Crippen molar-refractivity contribution in [2.24, 2.45) is 0 Å². The zero-order valence-corrected chi connectivity index (χ0v) is 15.5. The van der Waals surface area contributed by atoms with Crippen molar-refractivity contribution in [2.75, 3.05) is 27.2 Å². The van der Waals surface area contributed by atoms with Crippen LogP contribution in [-0.4, -0.2) is 43.0 Å². The standard InChI is InChI=1S/C21H19NO3.ClH/c1-22(2)9-10-25-19-12-18-20(15-6-4-3-5-14(15)19)16-8-7-13(23)11-17(16)21(18)24;/h3-8,11-12,23H,9-10H2,1-2H3;1H. The summed E-state index contributed by atoms with van der Waals surface area (Å²) in [6, 6.07) is 14.8. The van der Waals surface area contributed by atoms with E-state index in [0.717, 1.165) is 34.2 Å². The average Bonchev–Trinajstić information content (AvgIpc) is 2.87. The first-order valence-electron chi connectivity index (χ1n) is 8.27. The van der Waals surface area contributed by atoms with Crippen LogP contribution < -0.4 is 4.74 Å². The first kappa shape index (κ1) is 18.2. The Bertz CT molecular complexity index is 998. The lowest BCUT2D eigenvalue weighted by Gasteiger charge is -2.15. The summed E-state index contributed by atoms with van der Waals surface area (Å²) in [5.41, 5.74) is 2.98. The predicted molar refractivity (Wildman–Crippen MR) is 106 cm³/mol. The third-order valence-corrected chi connectivity index (χ3v) is 4.56. The monoisotopic (exact) mass is 369 g/mol. The second kappa shape index (κ2) is 6.98. The Labute approximate surface area is 158 Å². The van der Waals surface area contributed by atoms with Gasteiger partial charge in [0.05, 0.1) is 0 Å². The molecule has 0 unspecified atom stereocenters.